The molecule has 3 aromatic carbocycles. The number of aromatic nitrogens is 1. The number of hydrogen-bond donors (Lipinski definition) is 1. The Hall–Kier alpha value is -3.86. The van der Waals surface area contributed by atoms with Crippen molar-refractivity contribution < 1.29 is 9.59 Å². The minimum Gasteiger partial charge on any atom is -0.351 e. The Kier molecular flexibility index (Phi) is 5.84. The number of nitrogens with one attached hydrogen (secondary N) is 1. The van der Waals surface area contributed by atoms with Gasteiger partial charge < -0.3 is 14.8 Å². The first-order valence-electron chi connectivity index (χ1n) is 12.8. The number of carbonyl (C=O) groups excluding carboxylic acids is 2. The smallest absolute Gasteiger partial charge is 0.270 e. The third-order valence-corrected chi connectivity index (χ3v) is 7.54. The Bertz CT molecular complexity index is 1420. The number of aromatic amines is 1. The van der Waals surface area contributed by atoms with Crippen molar-refractivity contribution in [2.24, 2.45) is 0 Å². The van der Waals surface area contributed by atoms with Gasteiger partial charge in [0.2, 0.25) is 5.91 Å². The fourth-order valence-corrected chi connectivity index (χ4v) is 5.50. The molecule has 36 heavy (non-hydrogen) atoms. The second-order valence-electron chi connectivity index (χ2n) is 10.3. The van der Waals surface area contributed by atoms with Gasteiger partial charge in [-0.05, 0) is 67.0 Å². The molecular formula is C31H31N3O2. The number of amides is 2. The average Bonchev–Trinajstić information content (AvgIpc) is 3.65. The zero-order valence-electron chi connectivity index (χ0n) is 20.6. The molecule has 1 atom stereocenters. The first-order chi connectivity index (χ1) is 17.5. The van der Waals surface area contributed by atoms with Crippen LogP contribution in [-0.2, 0) is 17.8 Å². The molecule has 0 bridgehead atoms. The SMILES string of the molecule is Cc1ccc2[nH]c(C(=O)N3CC(=O)N(Cc4ccccc4C4CC4)[C@@H](Cc4ccccc4)C3)cc2c1. The lowest BCUT2D eigenvalue weighted by Gasteiger charge is -2.41. The molecular weight excluding hydrogens is 446 g/mol. The summed E-state index contributed by atoms with van der Waals surface area (Å²) in [6.07, 6.45) is 3.17. The zero-order valence-corrected chi connectivity index (χ0v) is 20.6. The number of hydrogen-bond acceptors (Lipinski definition) is 2. The van der Waals surface area contributed by atoms with Gasteiger partial charge in [-0.2, -0.15) is 0 Å². The van der Waals surface area contributed by atoms with Crippen LogP contribution in [0.15, 0.2) is 78.9 Å². The summed E-state index contributed by atoms with van der Waals surface area (Å²) < 4.78 is 0. The van der Waals surface area contributed by atoms with Crippen LogP contribution in [0.25, 0.3) is 10.9 Å². The molecule has 0 radical (unpaired) electrons. The first-order valence-corrected chi connectivity index (χ1v) is 12.8. The number of benzene rings is 3. The van der Waals surface area contributed by atoms with Gasteiger partial charge in [0.1, 0.15) is 12.2 Å². The van der Waals surface area contributed by atoms with E-state index in [2.05, 4.69) is 47.4 Å². The Morgan fingerprint density at radius 2 is 1.75 bits per heavy atom. The van der Waals surface area contributed by atoms with Crippen LogP contribution >= 0.6 is 0 Å². The molecule has 1 aliphatic heterocycles. The van der Waals surface area contributed by atoms with E-state index in [1.54, 1.807) is 4.90 Å². The van der Waals surface area contributed by atoms with Crippen molar-refractivity contribution in [1.29, 1.82) is 0 Å². The zero-order chi connectivity index (χ0) is 24.6. The summed E-state index contributed by atoms with van der Waals surface area (Å²) >= 11 is 0. The molecule has 1 aliphatic carbocycles. The highest BCUT2D eigenvalue weighted by Crippen LogP contribution is 2.42. The van der Waals surface area contributed by atoms with Crippen LogP contribution in [0.1, 0.15) is 51.5 Å². The van der Waals surface area contributed by atoms with E-state index in [1.807, 2.05) is 48.2 Å². The molecule has 0 unspecified atom stereocenters. The van der Waals surface area contributed by atoms with Gasteiger partial charge in [0, 0.05) is 24.0 Å². The lowest BCUT2D eigenvalue weighted by Crippen LogP contribution is -2.58. The number of fused-ring (bicyclic) bond motifs is 1. The molecule has 5 nitrogen and oxygen atoms in total. The fourth-order valence-electron chi connectivity index (χ4n) is 5.50. The maximum Gasteiger partial charge on any atom is 0.270 e. The van der Waals surface area contributed by atoms with E-state index < -0.39 is 0 Å². The van der Waals surface area contributed by atoms with Crippen molar-refractivity contribution in [3.8, 4) is 0 Å². The Morgan fingerprint density at radius 1 is 0.972 bits per heavy atom. The molecule has 5 heteroatoms. The number of nitrogens with zero attached hydrogens (tertiary/aromatic N) is 2. The summed E-state index contributed by atoms with van der Waals surface area (Å²) in [5.74, 6) is 0.513. The van der Waals surface area contributed by atoms with Crippen LogP contribution in [0.2, 0.25) is 0 Å². The van der Waals surface area contributed by atoms with Crippen LogP contribution in [0, 0.1) is 6.92 Å². The summed E-state index contributed by atoms with van der Waals surface area (Å²) in [7, 11) is 0. The van der Waals surface area contributed by atoms with Crippen molar-refractivity contribution in [3.05, 3.63) is 107 Å². The maximum absolute atomic E-state index is 13.6. The highest BCUT2D eigenvalue weighted by Gasteiger charge is 2.36. The highest BCUT2D eigenvalue weighted by molar-refractivity contribution is 6.00. The topological polar surface area (TPSA) is 56.4 Å². The van der Waals surface area contributed by atoms with Gasteiger partial charge in [-0.3, -0.25) is 9.59 Å². The van der Waals surface area contributed by atoms with Gasteiger partial charge >= 0.3 is 0 Å². The molecule has 6 rings (SSSR count). The lowest BCUT2D eigenvalue weighted by molar-refractivity contribution is -0.139. The van der Waals surface area contributed by atoms with E-state index in [9.17, 15) is 9.59 Å². The van der Waals surface area contributed by atoms with Crippen LogP contribution in [-0.4, -0.2) is 45.7 Å². The second-order valence-corrected chi connectivity index (χ2v) is 10.3. The van der Waals surface area contributed by atoms with E-state index in [-0.39, 0.29) is 24.4 Å². The quantitative estimate of drug-likeness (QED) is 0.402. The van der Waals surface area contributed by atoms with E-state index in [0.29, 0.717) is 31.1 Å². The first kappa shape index (κ1) is 22.6. The van der Waals surface area contributed by atoms with Crippen molar-refractivity contribution in [3.63, 3.8) is 0 Å². The maximum atomic E-state index is 13.6. The predicted octanol–water partition coefficient (Wildman–Crippen LogP) is 5.45. The second kappa shape index (κ2) is 9.30. The molecule has 1 saturated carbocycles. The Labute approximate surface area is 211 Å². The third-order valence-electron chi connectivity index (χ3n) is 7.54. The molecule has 2 amide bonds. The van der Waals surface area contributed by atoms with Crippen molar-refractivity contribution in [1.82, 2.24) is 14.8 Å². The lowest BCUT2D eigenvalue weighted by atomic mass is 9.98. The molecule has 2 aliphatic rings. The minimum atomic E-state index is -0.117. The highest BCUT2D eigenvalue weighted by atomic mass is 16.2. The molecule has 0 spiro atoms. The van der Waals surface area contributed by atoms with E-state index in [0.717, 1.165) is 16.5 Å². The normalized spacial score (nSPS) is 18.1. The van der Waals surface area contributed by atoms with Gasteiger partial charge in [-0.25, -0.2) is 0 Å². The minimum absolute atomic E-state index is 0.00749. The standard InChI is InChI=1S/C31H31N3O2/c1-21-11-14-28-25(15-21)17-29(32-28)31(36)33-19-26(16-22-7-3-2-4-8-22)34(30(35)20-33)18-24-9-5-6-10-27(24)23-12-13-23/h2-11,14-15,17,23,26,32H,12-13,16,18-20H2,1H3/t26-/m0/s1. The van der Waals surface area contributed by atoms with Gasteiger partial charge in [0.15, 0.2) is 0 Å². The van der Waals surface area contributed by atoms with Crippen LogP contribution in [0.3, 0.4) is 0 Å². The average molecular weight is 478 g/mol. The number of rotatable bonds is 6. The summed E-state index contributed by atoms with van der Waals surface area (Å²) in [5, 5.41) is 1.01. The van der Waals surface area contributed by atoms with Crippen LogP contribution in [0.4, 0.5) is 0 Å². The molecule has 1 N–H and O–H groups in total. The summed E-state index contributed by atoms with van der Waals surface area (Å²) in [6.45, 7) is 3.25. The van der Waals surface area contributed by atoms with Crippen LogP contribution in [0.5, 0.6) is 0 Å². The number of aryl methyl sites for hydroxylation is 1. The van der Waals surface area contributed by atoms with Gasteiger partial charge in [0.05, 0.1) is 6.04 Å². The third kappa shape index (κ3) is 4.53. The molecule has 1 aromatic heterocycles. The van der Waals surface area contributed by atoms with Crippen molar-refractivity contribution in [2.45, 2.75) is 44.7 Å². The Morgan fingerprint density at radius 3 is 2.56 bits per heavy atom. The molecule has 4 aromatic rings. The van der Waals surface area contributed by atoms with Gasteiger partial charge in [0.25, 0.3) is 5.91 Å². The monoisotopic (exact) mass is 477 g/mol. The number of piperazine rings is 1. The Balaban J connectivity index is 1.28. The molecule has 2 heterocycles. The molecule has 1 saturated heterocycles. The van der Waals surface area contributed by atoms with E-state index in [1.165, 1.54) is 29.5 Å². The summed E-state index contributed by atoms with van der Waals surface area (Å²) in [5.41, 5.74) is 6.40. The number of carbonyl (C=O) groups is 2. The van der Waals surface area contributed by atoms with Gasteiger partial charge in [-0.15, -0.1) is 0 Å². The number of H-pyrrole nitrogens is 1. The van der Waals surface area contributed by atoms with Crippen LogP contribution < -0.4 is 0 Å². The van der Waals surface area contributed by atoms with E-state index in [4.69, 9.17) is 0 Å². The van der Waals surface area contributed by atoms with Crippen molar-refractivity contribution >= 4 is 22.7 Å². The predicted molar refractivity (Wildman–Crippen MR) is 142 cm³/mol. The molecule has 2 fully saturated rings. The van der Waals surface area contributed by atoms with E-state index >= 15 is 0 Å². The molecule has 182 valence electrons. The van der Waals surface area contributed by atoms with Crippen molar-refractivity contribution in [2.75, 3.05) is 13.1 Å². The fraction of sp³-hybridized carbons (Fsp3) is 0.290. The largest absolute Gasteiger partial charge is 0.351 e. The summed E-state index contributed by atoms with van der Waals surface area (Å²) in [6, 6.07) is 26.7. The van der Waals surface area contributed by atoms with Gasteiger partial charge in [-0.1, -0.05) is 66.2 Å². The summed E-state index contributed by atoms with van der Waals surface area (Å²) in [4.78, 5) is 34.1.